The minimum absolute atomic E-state index is 0.0515. The van der Waals surface area contributed by atoms with Gasteiger partial charge in [-0.3, -0.25) is 14.5 Å². The summed E-state index contributed by atoms with van der Waals surface area (Å²) < 4.78 is 0.660. The van der Waals surface area contributed by atoms with Crippen LogP contribution in [0.3, 0.4) is 0 Å². The SMILES string of the molecule is O=C(Nc1ccccc1)C1CCCN(Cc2nc3ccsc3c(=O)[nH]2)C1. The summed E-state index contributed by atoms with van der Waals surface area (Å²) in [6.07, 6.45) is 1.83. The standard InChI is InChI=1S/C19H20N4O2S/c24-18(20-14-6-2-1-3-7-14)13-5-4-9-23(11-13)12-16-21-15-8-10-26-17(15)19(25)22-16/h1-3,6-8,10,13H,4-5,9,11-12H2,(H,20,24)(H,21,22,25). The lowest BCUT2D eigenvalue weighted by Crippen LogP contribution is -2.40. The third kappa shape index (κ3) is 3.68. The number of likely N-dealkylation sites (tertiary alicyclic amines) is 1. The van der Waals surface area contributed by atoms with Crippen molar-refractivity contribution in [2.24, 2.45) is 5.92 Å². The van der Waals surface area contributed by atoms with E-state index < -0.39 is 0 Å². The Labute approximate surface area is 154 Å². The summed E-state index contributed by atoms with van der Waals surface area (Å²) in [5.74, 6) is 0.654. The highest BCUT2D eigenvalue weighted by Crippen LogP contribution is 2.20. The van der Waals surface area contributed by atoms with Crippen molar-refractivity contribution in [3.8, 4) is 0 Å². The average Bonchev–Trinajstić information content (AvgIpc) is 3.12. The van der Waals surface area contributed by atoms with Crippen molar-refractivity contribution in [1.29, 1.82) is 0 Å². The summed E-state index contributed by atoms with van der Waals surface area (Å²) in [6, 6.07) is 11.4. The molecule has 0 bridgehead atoms. The molecule has 3 heterocycles. The van der Waals surface area contributed by atoms with Crippen molar-refractivity contribution < 1.29 is 4.79 Å². The Hall–Kier alpha value is -2.51. The number of benzene rings is 1. The van der Waals surface area contributed by atoms with Gasteiger partial charge in [-0.15, -0.1) is 11.3 Å². The number of carbonyl (C=O) groups is 1. The molecule has 4 rings (SSSR count). The highest BCUT2D eigenvalue weighted by Gasteiger charge is 2.26. The zero-order valence-corrected chi connectivity index (χ0v) is 15.1. The number of piperidine rings is 1. The molecule has 2 N–H and O–H groups in total. The number of H-pyrrole nitrogens is 1. The van der Waals surface area contributed by atoms with Gasteiger partial charge in [0.05, 0.1) is 18.0 Å². The topological polar surface area (TPSA) is 78.1 Å². The molecular weight excluding hydrogens is 348 g/mol. The number of anilines is 1. The largest absolute Gasteiger partial charge is 0.326 e. The van der Waals surface area contributed by atoms with Crippen LogP contribution in [0, 0.1) is 5.92 Å². The summed E-state index contributed by atoms with van der Waals surface area (Å²) in [5.41, 5.74) is 1.48. The molecule has 1 fully saturated rings. The number of rotatable bonds is 4. The molecule has 1 saturated heterocycles. The summed E-state index contributed by atoms with van der Waals surface area (Å²) in [7, 11) is 0. The van der Waals surface area contributed by atoms with Gasteiger partial charge in [-0.2, -0.15) is 0 Å². The van der Waals surface area contributed by atoms with Crippen LogP contribution in [-0.4, -0.2) is 33.9 Å². The van der Waals surface area contributed by atoms with Gasteiger partial charge in [-0.1, -0.05) is 18.2 Å². The molecule has 2 aromatic heterocycles. The maximum Gasteiger partial charge on any atom is 0.268 e. The molecule has 1 aliphatic rings. The van der Waals surface area contributed by atoms with E-state index in [1.807, 2.05) is 41.8 Å². The van der Waals surface area contributed by atoms with E-state index in [0.717, 1.165) is 30.6 Å². The molecule has 0 spiro atoms. The van der Waals surface area contributed by atoms with Crippen molar-refractivity contribution in [2.45, 2.75) is 19.4 Å². The summed E-state index contributed by atoms with van der Waals surface area (Å²) in [6.45, 7) is 2.13. The molecule has 7 heteroatoms. The Morgan fingerprint density at radius 1 is 1.31 bits per heavy atom. The van der Waals surface area contributed by atoms with Crippen LogP contribution in [0.2, 0.25) is 0 Å². The number of nitrogens with zero attached hydrogens (tertiary/aromatic N) is 2. The van der Waals surface area contributed by atoms with Gasteiger partial charge in [-0.05, 0) is 43.0 Å². The lowest BCUT2D eigenvalue weighted by atomic mass is 9.97. The molecule has 1 aromatic carbocycles. The first-order chi connectivity index (χ1) is 12.7. The highest BCUT2D eigenvalue weighted by atomic mass is 32.1. The molecule has 0 radical (unpaired) electrons. The van der Waals surface area contributed by atoms with E-state index in [2.05, 4.69) is 20.2 Å². The van der Waals surface area contributed by atoms with E-state index >= 15 is 0 Å². The number of hydrogen-bond donors (Lipinski definition) is 2. The normalized spacial score (nSPS) is 18.1. The van der Waals surface area contributed by atoms with Gasteiger partial charge in [0.15, 0.2) is 0 Å². The fourth-order valence-corrected chi connectivity index (χ4v) is 4.11. The number of nitrogens with one attached hydrogen (secondary N) is 2. The summed E-state index contributed by atoms with van der Waals surface area (Å²) >= 11 is 1.40. The molecule has 0 saturated carbocycles. The molecule has 26 heavy (non-hydrogen) atoms. The Morgan fingerprint density at radius 2 is 2.15 bits per heavy atom. The first-order valence-corrected chi connectivity index (χ1v) is 9.62. The number of para-hydroxylation sites is 1. The monoisotopic (exact) mass is 368 g/mol. The van der Waals surface area contributed by atoms with Gasteiger partial charge in [-0.25, -0.2) is 4.98 Å². The maximum absolute atomic E-state index is 12.5. The fraction of sp³-hybridized carbons (Fsp3) is 0.316. The van der Waals surface area contributed by atoms with E-state index in [4.69, 9.17) is 0 Å². The summed E-state index contributed by atoms with van der Waals surface area (Å²) in [5, 5.41) is 4.86. The van der Waals surface area contributed by atoms with Crippen LogP contribution >= 0.6 is 11.3 Å². The molecule has 134 valence electrons. The van der Waals surface area contributed by atoms with Crippen LogP contribution in [0.1, 0.15) is 18.7 Å². The average molecular weight is 368 g/mol. The summed E-state index contributed by atoms with van der Waals surface area (Å²) in [4.78, 5) is 34.3. The third-order valence-electron chi connectivity index (χ3n) is 4.65. The number of amides is 1. The van der Waals surface area contributed by atoms with E-state index in [-0.39, 0.29) is 17.4 Å². The Bertz CT molecular complexity index is 966. The van der Waals surface area contributed by atoms with Crippen LogP contribution in [0.5, 0.6) is 0 Å². The Kier molecular flexibility index (Phi) is 4.81. The van der Waals surface area contributed by atoms with Gasteiger partial charge in [0.2, 0.25) is 5.91 Å². The predicted octanol–water partition coefficient (Wildman–Crippen LogP) is 2.84. The lowest BCUT2D eigenvalue weighted by molar-refractivity contribution is -0.121. The highest BCUT2D eigenvalue weighted by molar-refractivity contribution is 7.17. The molecule has 0 aliphatic carbocycles. The Morgan fingerprint density at radius 3 is 3.00 bits per heavy atom. The number of carbonyl (C=O) groups excluding carboxylic acids is 1. The molecule has 6 nitrogen and oxygen atoms in total. The van der Waals surface area contributed by atoms with E-state index in [1.165, 1.54) is 11.3 Å². The zero-order valence-electron chi connectivity index (χ0n) is 14.3. The van der Waals surface area contributed by atoms with Gasteiger partial charge in [0.25, 0.3) is 5.56 Å². The minimum atomic E-state index is -0.0876. The van der Waals surface area contributed by atoms with Crippen LogP contribution in [0.15, 0.2) is 46.6 Å². The van der Waals surface area contributed by atoms with Crippen molar-refractivity contribution >= 4 is 33.1 Å². The maximum atomic E-state index is 12.5. The van der Waals surface area contributed by atoms with Crippen molar-refractivity contribution in [1.82, 2.24) is 14.9 Å². The molecule has 1 atom stereocenters. The minimum Gasteiger partial charge on any atom is -0.326 e. The van der Waals surface area contributed by atoms with E-state index in [9.17, 15) is 9.59 Å². The van der Waals surface area contributed by atoms with Crippen LogP contribution in [0.4, 0.5) is 5.69 Å². The fourth-order valence-electron chi connectivity index (χ4n) is 3.39. The van der Waals surface area contributed by atoms with Crippen molar-refractivity contribution in [3.05, 3.63) is 58.0 Å². The quantitative estimate of drug-likeness (QED) is 0.742. The van der Waals surface area contributed by atoms with Crippen molar-refractivity contribution in [2.75, 3.05) is 18.4 Å². The smallest absolute Gasteiger partial charge is 0.268 e. The van der Waals surface area contributed by atoms with E-state index in [1.54, 1.807) is 0 Å². The number of fused-ring (bicyclic) bond motifs is 1. The van der Waals surface area contributed by atoms with Gasteiger partial charge >= 0.3 is 0 Å². The zero-order chi connectivity index (χ0) is 17.9. The molecule has 1 amide bonds. The number of thiophene rings is 1. The van der Waals surface area contributed by atoms with Crippen LogP contribution in [0.25, 0.3) is 10.2 Å². The second kappa shape index (κ2) is 7.39. The first kappa shape index (κ1) is 16.9. The third-order valence-corrected chi connectivity index (χ3v) is 5.56. The van der Waals surface area contributed by atoms with Crippen molar-refractivity contribution in [3.63, 3.8) is 0 Å². The van der Waals surface area contributed by atoms with Crippen LogP contribution in [-0.2, 0) is 11.3 Å². The molecule has 1 aliphatic heterocycles. The molecule has 3 aromatic rings. The van der Waals surface area contributed by atoms with Gasteiger partial charge in [0.1, 0.15) is 10.5 Å². The molecule has 1 unspecified atom stereocenters. The van der Waals surface area contributed by atoms with E-state index in [0.29, 0.717) is 23.6 Å². The number of hydrogen-bond acceptors (Lipinski definition) is 5. The number of aromatic amines is 1. The van der Waals surface area contributed by atoms with Crippen LogP contribution < -0.4 is 10.9 Å². The first-order valence-electron chi connectivity index (χ1n) is 8.74. The second-order valence-corrected chi connectivity index (χ2v) is 7.49. The Balaban J connectivity index is 1.42. The predicted molar refractivity (Wildman–Crippen MR) is 103 cm³/mol. The second-order valence-electron chi connectivity index (χ2n) is 6.58. The van der Waals surface area contributed by atoms with Gasteiger partial charge in [0, 0.05) is 12.2 Å². The number of aromatic nitrogens is 2. The lowest BCUT2D eigenvalue weighted by Gasteiger charge is -2.31. The molecular formula is C19H20N4O2S. The van der Waals surface area contributed by atoms with Gasteiger partial charge < -0.3 is 10.3 Å².